The summed E-state index contributed by atoms with van der Waals surface area (Å²) in [7, 11) is 0. The summed E-state index contributed by atoms with van der Waals surface area (Å²) >= 11 is 0. The van der Waals surface area contributed by atoms with Crippen molar-refractivity contribution in [1.29, 1.82) is 0 Å². The summed E-state index contributed by atoms with van der Waals surface area (Å²) in [6.45, 7) is 1.33. The Morgan fingerprint density at radius 1 is 1.65 bits per heavy atom. The fourth-order valence-electron chi connectivity index (χ4n) is 1.09. The number of halogens is 1. The first-order chi connectivity index (χ1) is 7.95. The second-order valence-electron chi connectivity index (χ2n) is 3.14. The molecule has 0 aromatic heterocycles. The zero-order valence-electron chi connectivity index (χ0n) is 8.84. The minimum Gasteiger partial charge on any atom is -0.474 e. The van der Waals surface area contributed by atoms with Gasteiger partial charge in [-0.25, -0.2) is 10.2 Å². The average Bonchev–Trinajstić information content (AvgIpc) is 2.27. The third kappa shape index (κ3) is 3.11. The van der Waals surface area contributed by atoms with Crippen LogP contribution >= 0.6 is 0 Å². The number of hydrogen-bond donors (Lipinski definition) is 2. The van der Waals surface area contributed by atoms with Crippen LogP contribution in [0.25, 0.3) is 0 Å². The molecular formula is C9H10FN3O4. The quantitative estimate of drug-likeness (QED) is 0.346. The number of nitro groups is 1. The molecule has 1 unspecified atom stereocenters. The number of nitro benzene ring substituents is 1. The van der Waals surface area contributed by atoms with Gasteiger partial charge in [0.1, 0.15) is 5.82 Å². The number of benzene rings is 1. The van der Waals surface area contributed by atoms with Crippen LogP contribution in [-0.2, 0) is 4.79 Å². The second-order valence-corrected chi connectivity index (χ2v) is 3.14. The Labute approximate surface area is 95.5 Å². The van der Waals surface area contributed by atoms with Crippen LogP contribution in [0.2, 0.25) is 0 Å². The zero-order valence-corrected chi connectivity index (χ0v) is 8.84. The maximum Gasteiger partial charge on any atom is 0.311 e. The van der Waals surface area contributed by atoms with E-state index >= 15 is 0 Å². The fourth-order valence-corrected chi connectivity index (χ4v) is 1.09. The minimum atomic E-state index is -1.07. The van der Waals surface area contributed by atoms with Crippen LogP contribution in [0.3, 0.4) is 0 Å². The molecule has 0 saturated carbocycles. The lowest BCUT2D eigenvalue weighted by Gasteiger charge is -2.12. The molecule has 3 N–H and O–H groups in total. The van der Waals surface area contributed by atoms with Crippen molar-refractivity contribution >= 4 is 11.6 Å². The van der Waals surface area contributed by atoms with Gasteiger partial charge in [-0.3, -0.25) is 20.3 Å². The van der Waals surface area contributed by atoms with E-state index in [4.69, 9.17) is 10.6 Å². The number of carbonyl (C=O) groups excluding carboxylic acids is 1. The number of nitrogens with zero attached hydrogens (tertiary/aromatic N) is 1. The van der Waals surface area contributed by atoms with Crippen molar-refractivity contribution in [2.75, 3.05) is 0 Å². The predicted octanol–water partition coefficient (Wildman–Crippen LogP) is 0.491. The van der Waals surface area contributed by atoms with Gasteiger partial charge in [0.25, 0.3) is 5.91 Å². The molecule has 0 bridgehead atoms. The lowest BCUT2D eigenvalue weighted by atomic mass is 10.3. The van der Waals surface area contributed by atoms with E-state index in [0.29, 0.717) is 0 Å². The van der Waals surface area contributed by atoms with Gasteiger partial charge in [-0.15, -0.1) is 0 Å². The third-order valence-corrected chi connectivity index (χ3v) is 1.93. The van der Waals surface area contributed by atoms with E-state index in [1.807, 2.05) is 5.43 Å². The van der Waals surface area contributed by atoms with Crippen LogP contribution in [0.15, 0.2) is 18.2 Å². The Hall–Kier alpha value is -2.22. The summed E-state index contributed by atoms with van der Waals surface area (Å²) in [6, 6.07) is 2.72. The van der Waals surface area contributed by atoms with Crippen LogP contribution in [0.1, 0.15) is 6.92 Å². The van der Waals surface area contributed by atoms with Gasteiger partial charge in [0.15, 0.2) is 6.10 Å². The molecule has 0 aliphatic heterocycles. The van der Waals surface area contributed by atoms with E-state index < -0.39 is 28.4 Å². The van der Waals surface area contributed by atoms with Crippen molar-refractivity contribution in [2.45, 2.75) is 13.0 Å². The van der Waals surface area contributed by atoms with Crippen LogP contribution in [0.4, 0.5) is 10.1 Å². The highest BCUT2D eigenvalue weighted by Gasteiger charge is 2.21. The Morgan fingerprint density at radius 2 is 2.29 bits per heavy atom. The standard InChI is InChI=1S/C9H10FN3O4/c1-5(9(14)12-11)17-8-4-6(10)2-3-7(8)13(15)16/h2-5H,11H2,1H3,(H,12,14). The van der Waals surface area contributed by atoms with Crippen molar-refractivity contribution in [3.8, 4) is 5.75 Å². The molecule has 1 aromatic rings. The number of hydrazine groups is 1. The first-order valence-corrected chi connectivity index (χ1v) is 4.56. The summed E-state index contributed by atoms with van der Waals surface area (Å²) < 4.78 is 17.9. The van der Waals surface area contributed by atoms with E-state index in [9.17, 15) is 19.3 Å². The smallest absolute Gasteiger partial charge is 0.311 e. The second kappa shape index (κ2) is 5.21. The van der Waals surface area contributed by atoms with Crippen molar-refractivity contribution in [3.63, 3.8) is 0 Å². The molecule has 0 saturated heterocycles. The van der Waals surface area contributed by atoms with E-state index in [1.165, 1.54) is 6.92 Å². The number of nitrogens with one attached hydrogen (secondary N) is 1. The van der Waals surface area contributed by atoms with Gasteiger partial charge < -0.3 is 4.74 Å². The molecular weight excluding hydrogens is 233 g/mol. The van der Waals surface area contributed by atoms with Gasteiger partial charge in [-0.1, -0.05) is 0 Å². The van der Waals surface area contributed by atoms with Crippen LogP contribution < -0.4 is 16.0 Å². The fraction of sp³-hybridized carbons (Fsp3) is 0.222. The van der Waals surface area contributed by atoms with Crippen LogP contribution in [-0.4, -0.2) is 16.9 Å². The van der Waals surface area contributed by atoms with Gasteiger partial charge >= 0.3 is 5.69 Å². The average molecular weight is 243 g/mol. The Balaban J connectivity index is 3.00. The summed E-state index contributed by atoms with van der Waals surface area (Å²) in [5.41, 5.74) is 1.39. The Kier molecular flexibility index (Phi) is 3.94. The number of ether oxygens (including phenoxy) is 1. The topological polar surface area (TPSA) is 107 Å². The van der Waals surface area contributed by atoms with Gasteiger partial charge in [0.2, 0.25) is 5.75 Å². The van der Waals surface area contributed by atoms with Gasteiger partial charge in [0, 0.05) is 12.1 Å². The molecule has 0 aliphatic carbocycles. The molecule has 1 aromatic carbocycles. The number of nitrogens with two attached hydrogens (primary N) is 1. The normalized spacial score (nSPS) is 11.7. The first-order valence-electron chi connectivity index (χ1n) is 4.56. The van der Waals surface area contributed by atoms with Crippen molar-refractivity contribution in [1.82, 2.24) is 5.43 Å². The SMILES string of the molecule is CC(Oc1cc(F)ccc1[N+](=O)[O-])C(=O)NN. The summed E-state index contributed by atoms with van der Waals surface area (Å²) in [4.78, 5) is 21.0. The predicted molar refractivity (Wildman–Crippen MR) is 55.5 cm³/mol. The maximum absolute atomic E-state index is 12.9. The van der Waals surface area contributed by atoms with Crippen molar-refractivity contribution < 1.29 is 18.8 Å². The molecule has 0 aliphatic rings. The number of amides is 1. The van der Waals surface area contributed by atoms with E-state index in [2.05, 4.69) is 0 Å². The molecule has 7 nitrogen and oxygen atoms in total. The molecule has 92 valence electrons. The molecule has 0 heterocycles. The molecule has 0 fully saturated rings. The summed E-state index contributed by atoms with van der Waals surface area (Å²) in [6.07, 6.45) is -1.07. The highest BCUT2D eigenvalue weighted by molar-refractivity contribution is 5.80. The van der Waals surface area contributed by atoms with Crippen LogP contribution in [0, 0.1) is 15.9 Å². The van der Waals surface area contributed by atoms with Gasteiger partial charge in [-0.05, 0) is 13.0 Å². The maximum atomic E-state index is 12.9. The van der Waals surface area contributed by atoms with Crippen molar-refractivity contribution in [2.24, 2.45) is 5.84 Å². The lowest BCUT2D eigenvalue weighted by molar-refractivity contribution is -0.386. The first kappa shape index (κ1) is 12.8. The zero-order chi connectivity index (χ0) is 13.0. The summed E-state index contributed by atoms with van der Waals surface area (Å²) in [5, 5.41) is 10.6. The Morgan fingerprint density at radius 3 is 2.82 bits per heavy atom. The lowest BCUT2D eigenvalue weighted by Crippen LogP contribution is -2.40. The van der Waals surface area contributed by atoms with Gasteiger partial charge in [-0.2, -0.15) is 0 Å². The monoisotopic (exact) mass is 243 g/mol. The van der Waals surface area contributed by atoms with Gasteiger partial charge in [0.05, 0.1) is 4.92 Å². The van der Waals surface area contributed by atoms with E-state index in [-0.39, 0.29) is 5.75 Å². The molecule has 0 spiro atoms. The largest absolute Gasteiger partial charge is 0.474 e. The number of carbonyl (C=O) groups is 1. The molecule has 8 heteroatoms. The highest BCUT2D eigenvalue weighted by atomic mass is 19.1. The molecule has 1 amide bonds. The van der Waals surface area contributed by atoms with E-state index in [1.54, 1.807) is 0 Å². The van der Waals surface area contributed by atoms with Crippen LogP contribution in [0.5, 0.6) is 5.75 Å². The molecule has 17 heavy (non-hydrogen) atoms. The number of hydrogen-bond acceptors (Lipinski definition) is 5. The minimum absolute atomic E-state index is 0.328. The number of rotatable bonds is 4. The molecule has 0 radical (unpaired) electrons. The third-order valence-electron chi connectivity index (χ3n) is 1.93. The van der Waals surface area contributed by atoms with E-state index in [0.717, 1.165) is 18.2 Å². The highest BCUT2D eigenvalue weighted by Crippen LogP contribution is 2.28. The molecule has 1 atom stereocenters. The Bertz CT molecular complexity index is 452. The molecule has 1 rings (SSSR count). The van der Waals surface area contributed by atoms with Crippen molar-refractivity contribution in [3.05, 3.63) is 34.1 Å². The summed E-state index contributed by atoms with van der Waals surface area (Å²) in [5.74, 6) is 3.16.